The largest absolute Gasteiger partial charge is 0.368 e. The van der Waals surface area contributed by atoms with Crippen LogP contribution < -0.4 is 10.2 Å². The SMILES string of the molecule is C[C@@H]1C[C@H](I)CN(c2ccncc2NC(=O)c2ccc3sc(Cc4ccccc4)cc3n2)C1. The Hall–Kier alpha value is -2.52. The number of alkyl halides is 1. The summed E-state index contributed by atoms with van der Waals surface area (Å²) < 4.78 is 1.69. The lowest BCUT2D eigenvalue weighted by Crippen LogP contribution is -2.40. The third-order valence-corrected chi connectivity index (χ3v) is 7.87. The Labute approximate surface area is 211 Å². The Kier molecular flexibility index (Phi) is 6.59. The summed E-state index contributed by atoms with van der Waals surface area (Å²) in [6.07, 6.45) is 5.61. The number of fused-ring (bicyclic) bond motifs is 1. The molecular weight excluding hydrogens is 543 g/mol. The van der Waals surface area contributed by atoms with Gasteiger partial charge in [-0.05, 0) is 42.2 Å². The summed E-state index contributed by atoms with van der Waals surface area (Å²) in [5.74, 6) is 0.406. The first-order valence-electron chi connectivity index (χ1n) is 11.1. The van der Waals surface area contributed by atoms with Crippen LogP contribution in [-0.4, -0.2) is 32.9 Å². The number of nitrogens with zero attached hydrogens (tertiary/aromatic N) is 3. The van der Waals surface area contributed by atoms with Crippen LogP contribution in [0.2, 0.25) is 0 Å². The van der Waals surface area contributed by atoms with Gasteiger partial charge in [0.1, 0.15) is 5.69 Å². The predicted molar refractivity (Wildman–Crippen MR) is 145 cm³/mol. The number of hydrogen-bond acceptors (Lipinski definition) is 5. The molecule has 1 amide bonds. The van der Waals surface area contributed by atoms with Gasteiger partial charge >= 0.3 is 0 Å². The highest BCUT2D eigenvalue weighted by Gasteiger charge is 2.25. The number of carbonyl (C=O) groups is 1. The van der Waals surface area contributed by atoms with E-state index in [1.165, 1.54) is 16.9 Å². The van der Waals surface area contributed by atoms with Gasteiger partial charge in [-0.15, -0.1) is 11.3 Å². The molecule has 3 aromatic heterocycles. The summed E-state index contributed by atoms with van der Waals surface area (Å²) in [4.78, 5) is 25.6. The van der Waals surface area contributed by atoms with Crippen molar-refractivity contribution in [2.45, 2.75) is 23.7 Å². The van der Waals surface area contributed by atoms with Gasteiger partial charge in [-0.3, -0.25) is 9.78 Å². The highest BCUT2D eigenvalue weighted by atomic mass is 127. The van der Waals surface area contributed by atoms with Crippen molar-refractivity contribution in [1.82, 2.24) is 9.97 Å². The van der Waals surface area contributed by atoms with Crippen molar-refractivity contribution in [3.05, 3.63) is 83.1 Å². The van der Waals surface area contributed by atoms with Gasteiger partial charge in [0.05, 0.1) is 27.8 Å². The van der Waals surface area contributed by atoms with Crippen molar-refractivity contribution < 1.29 is 4.79 Å². The summed E-state index contributed by atoms with van der Waals surface area (Å²) >= 11 is 4.25. The van der Waals surface area contributed by atoms with E-state index in [9.17, 15) is 4.79 Å². The van der Waals surface area contributed by atoms with Crippen molar-refractivity contribution in [3.63, 3.8) is 0 Å². The summed E-state index contributed by atoms with van der Waals surface area (Å²) in [5, 5.41) is 3.06. The number of benzene rings is 1. The molecule has 0 unspecified atom stereocenters. The molecule has 0 radical (unpaired) electrons. The molecule has 1 fully saturated rings. The number of rotatable bonds is 5. The van der Waals surface area contributed by atoms with E-state index in [1.54, 1.807) is 29.8 Å². The topological polar surface area (TPSA) is 58.1 Å². The molecule has 0 spiro atoms. The highest BCUT2D eigenvalue weighted by Crippen LogP contribution is 2.32. The Balaban J connectivity index is 1.35. The van der Waals surface area contributed by atoms with Crippen LogP contribution in [0.15, 0.2) is 67.0 Å². The van der Waals surface area contributed by atoms with E-state index in [1.807, 2.05) is 18.2 Å². The van der Waals surface area contributed by atoms with Crippen LogP contribution in [0.5, 0.6) is 0 Å². The highest BCUT2D eigenvalue weighted by molar-refractivity contribution is 14.1. The Bertz CT molecular complexity index is 1270. The first-order chi connectivity index (χ1) is 16.0. The summed E-state index contributed by atoms with van der Waals surface area (Å²) in [5.41, 5.74) is 4.31. The minimum absolute atomic E-state index is 0.210. The van der Waals surface area contributed by atoms with Crippen LogP contribution in [0.4, 0.5) is 11.4 Å². The third kappa shape index (κ3) is 5.19. The second-order valence-corrected chi connectivity index (χ2v) is 11.6. The van der Waals surface area contributed by atoms with E-state index in [2.05, 4.69) is 80.0 Å². The zero-order chi connectivity index (χ0) is 22.8. The van der Waals surface area contributed by atoms with Crippen LogP contribution in [0.3, 0.4) is 0 Å². The van der Waals surface area contributed by atoms with Crippen molar-refractivity contribution >= 4 is 61.4 Å². The fraction of sp³-hybridized carbons (Fsp3) is 0.269. The van der Waals surface area contributed by atoms with Gasteiger partial charge in [-0.1, -0.05) is 59.8 Å². The van der Waals surface area contributed by atoms with E-state index in [0.717, 1.165) is 41.1 Å². The lowest BCUT2D eigenvalue weighted by atomic mass is 9.99. The number of piperidine rings is 1. The zero-order valence-electron chi connectivity index (χ0n) is 18.4. The average molecular weight is 568 g/mol. The quantitative estimate of drug-likeness (QED) is 0.231. The van der Waals surface area contributed by atoms with Crippen LogP contribution in [0, 0.1) is 5.92 Å². The number of halogens is 1. The molecule has 1 aromatic carbocycles. The maximum absolute atomic E-state index is 13.1. The molecule has 168 valence electrons. The molecule has 5 rings (SSSR count). The average Bonchev–Trinajstić information content (AvgIpc) is 3.21. The Morgan fingerprint density at radius 3 is 2.85 bits per heavy atom. The van der Waals surface area contributed by atoms with Crippen molar-refractivity contribution in [3.8, 4) is 0 Å². The van der Waals surface area contributed by atoms with Crippen LogP contribution in [0.1, 0.15) is 34.3 Å². The molecule has 1 N–H and O–H groups in total. The van der Waals surface area contributed by atoms with Crippen LogP contribution >= 0.6 is 33.9 Å². The summed E-state index contributed by atoms with van der Waals surface area (Å²) in [6, 6.07) is 18.3. The van der Waals surface area contributed by atoms with Crippen molar-refractivity contribution in [1.29, 1.82) is 0 Å². The fourth-order valence-corrected chi connectivity index (χ4v) is 6.78. The number of anilines is 2. The summed E-state index contributed by atoms with van der Waals surface area (Å²) in [7, 11) is 0. The Morgan fingerprint density at radius 2 is 2.03 bits per heavy atom. The van der Waals surface area contributed by atoms with Gasteiger partial charge in [0.25, 0.3) is 5.91 Å². The monoisotopic (exact) mass is 568 g/mol. The smallest absolute Gasteiger partial charge is 0.274 e. The maximum atomic E-state index is 13.1. The molecular formula is C26H25IN4OS. The molecule has 4 heterocycles. The maximum Gasteiger partial charge on any atom is 0.274 e. The minimum Gasteiger partial charge on any atom is -0.368 e. The molecule has 4 aromatic rings. The third-order valence-electron chi connectivity index (χ3n) is 5.87. The van der Waals surface area contributed by atoms with E-state index in [4.69, 9.17) is 0 Å². The number of aromatic nitrogens is 2. The molecule has 7 heteroatoms. The number of hydrogen-bond donors (Lipinski definition) is 1. The normalized spacial score (nSPS) is 18.4. The van der Waals surface area contributed by atoms with E-state index >= 15 is 0 Å². The number of carbonyl (C=O) groups excluding carboxylic acids is 1. The first-order valence-corrected chi connectivity index (χ1v) is 13.2. The second kappa shape index (κ2) is 9.77. The number of amides is 1. The van der Waals surface area contributed by atoms with Crippen molar-refractivity contribution in [2.24, 2.45) is 5.92 Å². The summed E-state index contributed by atoms with van der Waals surface area (Å²) in [6.45, 7) is 4.24. The van der Waals surface area contributed by atoms with Gasteiger partial charge in [0.2, 0.25) is 0 Å². The van der Waals surface area contributed by atoms with Gasteiger partial charge in [-0.2, -0.15) is 0 Å². The lowest BCUT2D eigenvalue weighted by molar-refractivity contribution is 0.102. The van der Waals surface area contributed by atoms with Crippen LogP contribution in [-0.2, 0) is 6.42 Å². The van der Waals surface area contributed by atoms with E-state index < -0.39 is 0 Å². The molecule has 33 heavy (non-hydrogen) atoms. The molecule has 1 aliphatic rings. The minimum atomic E-state index is -0.210. The molecule has 1 aliphatic heterocycles. The fourth-order valence-electron chi connectivity index (χ4n) is 4.40. The van der Waals surface area contributed by atoms with Crippen LogP contribution in [0.25, 0.3) is 10.2 Å². The van der Waals surface area contributed by atoms with Gasteiger partial charge < -0.3 is 10.2 Å². The van der Waals surface area contributed by atoms with E-state index in [0.29, 0.717) is 15.5 Å². The molecule has 2 atom stereocenters. The first kappa shape index (κ1) is 22.3. The number of nitrogens with one attached hydrogen (secondary N) is 1. The predicted octanol–water partition coefficient (Wildman–Crippen LogP) is 6.18. The Morgan fingerprint density at radius 1 is 1.18 bits per heavy atom. The molecule has 5 nitrogen and oxygen atoms in total. The van der Waals surface area contributed by atoms with Crippen molar-refractivity contribution in [2.75, 3.05) is 23.3 Å². The lowest BCUT2D eigenvalue weighted by Gasteiger charge is -2.36. The molecule has 0 saturated carbocycles. The number of thiophene rings is 1. The van der Waals surface area contributed by atoms with Gasteiger partial charge in [0.15, 0.2) is 0 Å². The second-order valence-electron chi connectivity index (χ2n) is 8.65. The number of pyridine rings is 2. The van der Waals surface area contributed by atoms with E-state index in [-0.39, 0.29) is 5.91 Å². The molecule has 1 saturated heterocycles. The molecule has 0 bridgehead atoms. The molecule has 0 aliphatic carbocycles. The standard InChI is InChI=1S/C26H25IN4OS/c1-17-11-19(27)16-31(15-17)24-9-10-28-14-23(24)30-26(32)21-7-8-25-22(29-21)13-20(33-25)12-18-5-3-2-4-6-18/h2-10,13-14,17,19H,11-12,15-16H2,1H3,(H,30,32)/t17-,19+/m1/s1. The van der Waals surface area contributed by atoms with Gasteiger partial charge in [-0.25, -0.2) is 4.98 Å². The zero-order valence-corrected chi connectivity index (χ0v) is 21.3. The van der Waals surface area contributed by atoms with Gasteiger partial charge in [0, 0.05) is 34.5 Å².